The zero-order valence-electron chi connectivity index (χ0n) is 23.3. The van der Waals surface area contributed by atoms with Gasteiger partial charge in [0.25, 0.3) is 10.0 Å². The average Bonchev–Trinajstić information content (AvgIpc) is 2.94. The maximum Gasteiger partial charge on any atom is 0.264 e. The first-order chi connectivity index (χ1) is 19.1. The molecule has 1 N–H and O–H groups in total. The monoisotopic (exact) mass is 585 g/mol. The number of unbranched alkanes of at least 4 members (excludes halogenated alkanes) is 1. The molecule has 0 saturated carbocycles. The number of carbonyl (C=O) groups excluding carboxylic acids is 2. The van der Waals surface area contributed by atoms with Gasteiger partial charge in [0.15, 0.2) is 0 Å². The number of hydrogen-bond donors (Lipinski definition) is 1. The molecule has 0 unspecified atom stereocenters. The van der Waals surface area contributed by atoms with Crippen LogP contribution in [0.15, 0.2) is 77.7 Å². The van der Waals surface area contributed by atoms with Crippen LogP contribution in [0.5, 0.6) is 5.75 Å². The van der Waals surface area contributed by atoms with E-state index in [2.05, 4.69) is 5.32 Å². The minimum Gasteiger partial charge on any atom is -0.497 e. The van der Waals surface area contributed by atoms with Crippen LogP contribution >= 0.6 is 11.6 Å². The number of halogens is 1. The van der Waals surface area contributed by atoms with E-state index in [0.29, 0.717) is 17.3 Å². The second-order valence-electron chi connectivity index (χ2n) is 9.50. The zero-order valence-corrected chi connectivity index (χ0v) is 24.8. The van der Waals surface area contributed by atoms with Crippen molar-refractivity contribution in [3.63, 3.8) is 0 Å². The van der Waals surface area contributed by atoms with E-state index in [1.807, 2.05) is 38.1 Å². The number of nitrogens with zero attached hydrogens (tertiary/aromatic N) is 2. The SMILES string of the molecule is CCCCNC(=O)[C@H](C)N(Cc1cccc(C)c1)C(=O)CN(c1cccc(Cl)c1)S(=O)(=O)c1ccc(OC)cc1. The van der Waals surface area contributed by atoms with Crippen molar-refractivity contribution in [1.29, 1.82) is 0 Å². The van der Waals surface area contributed by atoms with Crippen LogP contribution in [-0.4, -0.2) is 51.4 Å². The molecule has 0 radical (unpaired) electrons. The summed E-state index contributed by atoms with van der Waals surface area (Å²) in [5, 5.41) is 3.20. The summed E-state index contributed by atoms with van der Waals surface area (Å²) >= 11 is 6.21. The van der Waals surface area contributed by atoms with Crippen LogP contribution in [0.1, 0.15) is 37.8 Å². The highest BCUT2D eigenvalue weighted by molar-refractivity contribution is 7.92. The zero-order chi connectivity index (χ0) is 29.3. The lowest BCUT2D eigenvalue weighted by molar-refractivity contribution is -0.139. The molecule has 0 aliphatic carbocycles. The molecule has 40 heavy (non-hydrogen) atoms. The summed E-state index contributed by atoms with van der Waals surface area (Å²) in [6.45, 7) is 5.71. The third-order valence-corrected chi connectivity index (χ3v) is 8.48. The molecular formula is C30H36ClN3O5S. The van der Waals surface area contributed by atoms with Crippen molar-refractivity contribution in [3.8, 4) is 5.75 Å². The number of methoxy groups -OCH3 is 1. The molecule has 0 fully saturated rings. The maximum absolute atomic E-state index is 13.9. The first-order valence-corrected chi connectivity index (χ1v) is 14.9. The molecule has 3 rings (SSSR count). The number of benzene rings is 3. The topological polar surface area (TPSA) is 96.0 Å². The van der Waals surface area contributed by atoms with E-state index in [4.69, 9.17) is 16.3 Å². The molecule has 0 aromatic heterocycles. The maximum atomic E-state index is 13.9. The summed E-state index contributed by atoms with van der Waals surface area (Å²) < 4.78 is 33.9. The Balaban J connectivity index is 2.00. The number of amides is 2. The predicted octanol–water partition coefficient (Wildman–Crippen LogP) is 5.19. The van der Waals surface area contributed by atoms with Crippen molar-refractivity contribution in [2.75, 3.05) is 24.5 Å². The van der Waals surface area contributed by atoms with Crippen LogP contribution in [-0.2, 0) is 26.2 Å². The number of rotatable bonds is 13. The standard InChI is InChI=1S/C30H36ClN3O5S/c1-5-6-17-32-30(36)23(3)33(20-24-10-7-9-22(2)18-24)29(35)21-34(26-12-8-11-25(31)19-26)40(37,38)28-15-13-27(39-4)14-16-28/h7-16,18-19,23H,5-6,17,20-21H2,1-4H3,(H,32,36)/t23-/m0/s1. The quantitative estimate of drug-likeness (QED) is 0.279. The van der Waals surface area contributed by atoms with Gasteiger partial charge in [-0.15, -0.1) is 0 Å². The molecule has 0 heterocycles. The Morgan fingerprint density at radius 1 is 1.02 bits per heavy atom. The molecule has 0 aliphatic rings. The van der Waals surface area contributed by atoms with Crippen LogP contribution < -0.4 is 14.4 Å². The molecule has 3 aromatic rings. The van der Waals surface area contributed by atoms with Gasteiger partial charge in [0.05, 0.1) is 17.7 Å². The normalized spacial score (nSPS) is 11.9. The second-order valence-corrected chi connectivity index (χ2v) is 11.8. The van der Waals surface area contributed by atoms with Gasteiger partial charge in [-0.05, 0) is 68.3 Å². The summed E-state index contributed by atoms with van der Waals surface area (Å²) in [6.07, 6.45) is 1.73. The van der Waals surface area contributed by atoms with E-state index in [1.165, 1.54) is 42.3 Å². The number of carbonyl (C=O) groups is 2. The Labute approximate surface area is 241 Å². The van der Waals surface area contributed by atoms with Gasteiger partial charge in [-0.3, -0.25) is 13.9 Å². The highest BCUT2D eigenvalue weighted by Crippen LogP contribution is 2.28. The largest absolute Gasteiger partial charge is 0.497 e. The van der Waals surface area contributed by atoms with Crippen LogP contribution in [0.2, 0.25) is 5.02 Å². The molecule has 0 bridgehead atoms. The lowest BCUT2D eigenvalue weighted by Crippen LogP contribution is -2.51. The number of aryl methyl sites for hydroxylation is 1. The molecule has 1 atom stereocenters. The minimum absolute atomic E-state index is 0.0170. The number of sulfonamides is 1. The molecule has 0 spiro atoms. The van der Waals surface area contributed by atoms with Gasteiger partial charge < -0.3 is 15.0 Å². The molecule has 8 nitrogen and oxygen atoms in total. The smallest absolute Gasteiger partial charge is 0.264 e. The van der Waals surface area contributed by atoms with Gasteiger partial charge >= 0.3 is 0 Å². The van der Waals surface area contributed by atoms with Gasteiger partial charge in [0, 0.05) is 18.1 Å². The number of ether oxygens (including phenoxy) is 1. The van der Waals surface area contributed by atoms with Gasteiger partial charge in [-0.2, -0.15) is 0 Å². The van der Waals surface area contributed by atoms with E-state index >= 15 is 0 Å². The van der Waals surface area contributed by atoms with Crippen molar-refractivity contribution >= 4 is 39.1 Å². The first-order valence-electron chi connectivity index (χ1n) is 13.1. The fraction of sp³-hybridized carbons (Fsp3) is 0.333. The van der Waals surface area contributed by atoms with Gasteiger partial charge in [0.1, 0.15) is 18.3 Å². The van der Waals surface area contributed by atoms with E-state index in [0.717, 1.165) is 28.3 Å². The van der Waals surface area contributed by atoms with Crippen molar-refractivity contribution in [2.24, 2.45) is 0 Å². The Hall–Kier alpha value is -3.56. The van der Waals surface area contributed by atoms with Gasteiger partial charge in [0.2, 0.25) is 11.8 Å². The molecular weight excluding hydrogens is 550 g/mol. The Morgan fingerprint density at radius 2 is 1.73 bits per heavy atom. The lowest BCUT2D eigenvalue weighted by atomic mass is 10.1. The van der Waals surface area contributed by atoms with Crippen LogP contribution in [0.25, 0.3) is 0 Å². The fourth-order valence-corrected chi connectivity index (χ4v) is 5.75. The molecule has 0 saturated heterocycles. The van der Waals surface area contributed by atoms with E-state index in [1.54, 1.807) is 25.1 Å². The highest BCUT2D eigenvalue weighted by atomic mass is 35.5. The minimum atomic E-state index is -4.20. The lowest BCUT2D eigenvalue weighted by Gasteiger charge is -2.32. The Morgan fingerprint density at radius 3 is 2.35 bits per heavy atom. The molecule has 214 valence electrons. The summed E-state index contributed by atoms with van der Waals surface area (Å²) in [5.74, 6) is -0.338. The summed E-state index contributed by atoms with van der Waals surface area (Å²) in [5.41, 5.74) is 2.06. The summed E-state index contributed by atoms with van der Waals surface area (Å²) in [7, 11) is -2.71. The highest BCUT2D eigenvalue weighted by Gasteiger charge is 2.32. The summed E-state index contributed by atoms with van der Waals surface area (Å²) in [6, 6.07) is 19.0. The second kappa shape index (κ2) is 14.2. The molecule has 2 amide bonds. The van der Waals surface area contributed by atoms with Crippen molar-refractivity contribution in [3.05, 3.63) is 88.9 Å². The number of nitrogens with one attached hydrogen (secondary N) is 1. The fourth-order valence-electron chi connectivity index (χ4n) is 4.16. The Bertz CT molecular complexity index is 1410. The van der Waals surface area contributed by atoms with Gasteiger partial charge in [-0.25, -0.2) is 8.42 Å². The van der Waals surface area contributed by atoms with Crippen molar-refractivity contribution in [2.45, 2.75) is 51.1 Å². The van der Waals surface area contributed by atoms with E-state index in [9.17, 15) is 18.0 Å². The van der Waals surface area contributed by atoms with Gasteiger partial charge in [-0.1, -0.05) is 60.8 Å². The Kier molecular flexibility index (Phi) is 11.0. The van der Waals surface area contributed by atoms with Crippen molar-refractivity contribution in [1.82, 2.24) is 10.2 Å². The third kappa shape index (κ3) is 7.99. The van der Waals surface area contributed by atoms with Crippen molar-refractivity contribution < 1.29 is 22.7 Å². The van der Waals surface area contributed by atoms with E-state index in [-0.39, 0.29) is 23.0 Å². The van der Waals surface area contributed by atoms with E-state index < -0.39 is 28.5 Å². The number of hydrogen-bond acceptors (Lipinski definition) is 5. The first kappa shape index (κ1) is 31.0. The summed E-state index contributed by atoms with van der Waals surface area (Å²) in [4.78, 5) is 28.4. The van der Waals surface area contributed by atoms with Crippen LogP contribution in [0.4, 0.5) is 5.69 Å². The predicted molar refractivity (Wildman–Crippen MR) is 158 cm³/mol. The molecule has 3 aromatic carbocycles. The van der Waals surface area contributed by atoms with Crippen LogP contribution in [0, 0.1) is 6.92 Å². The molecule has 10 heteroatoms. The number of anilines is 1. The van der Waals surface area contributed by atoms with Crippen LogP contribution in [0.3, 0.4) is 0 Å². The average molecular weight is 586 g/mol. The molecule has 0 aliphatic heterocycles. The third-order valence-electron chi connectivity index (χ3n) is 6.45.